The van der Waals surface area contributed by atoms with E-state index in [0.717, 1.165) is 12.1 Å². The van der Waals surface area contributed by atoms with Crippen LogP contribution in [-0.4, -0.2) is 25.9 Å². The Morgan fingerprint density at radius 3 is 2.14 bits per heavy atom. The van der Waals surface area contributed by atoms with E-state index in [0.29, 0.717) is 5.69 Å². The van der Waals surface area contributed by atoms with Gasteiger partial charge < -0.3 is 16.0 Å². The maximum atomic E-state index is 13.0. The average Bonchev–Trinajstić information content (AvgIpc) is 2.61. The number of nitrogens with one attached hydrogen (secondary N) is 3. The van der Waals surface area contributed by atoms with Crippen LogP contribution in [0.1, 0.15) is 10.4 Å². The number of hydrogen-bond acceptors (Lipinski definition) is 4. The first kappa shape index (κ1) is 22.1. The molecule has 28 heavy (non-hydrogen) atoms. The Hall–Kier alpha value is -2.20. The molecule has 0 radical (unpaired) electrons. The highest BCUT2D eigenvalue weighted by molar-refractivity contribution is 7.80. The number of nitro groups is 1. The molecule has 3 N–H and O–H groups in total. The summed E-state index contributed by atoms with van der Waals surface area (Å²) in [5.74, 6) is -1.12. The van der Waals surface area contributed by atoms with E-state index in [-0.39, 0.29) is 16.4 Å². The molecule has 0 unspecified atom stereocenters. The molecule has 148 valence electrons. The van der Waals surface area contributed by atoms with E-state index in [1.807, 2.05) is 0 Å². The van der Waals surface area contributed by atoms with Crippen molar-refractivity contribution in [1.82, 2.24) is 10.6 Å². The van der Waals surface area contributed by atoms with Crippen molar-refractivity contribution in [3.63, 3.8) is 0 Å². The van der Waals surface area contributed by atoms with Crippen LogP contribution in [0.25, 0.3) is 0 Å². The summed E-state index contributed by atoms with van der Waals surface area (Å²) < 4.78 is 11.0. The number of non-ortho nitro benzene ring substituents is 1. The third kappa shape index (κ3) is 6.45. The largest absolute Gasteiger partial charge is 0.339 e. The van der Waals surface area contributed by atoms with E-state index in [1.165, 1.54) is 36.4 Å². The fourth-order valence-electron chi connectivity index (χ4n) is 1.98. The molecule has 0 aliphatic carbocycles. The molecule has 0 aliphatic rings. The maximum Gasteiger partial charge on any atom is 0.269 e. The minimum atomic E-state index is -1.98. The lowest BCUT2D eigenvalue weighted by Crippen LogP contribution is -2.56. The lowest BCUT2D eigenvalue weighted by Gasteiger charge is -2.27. The quantitative estimate of drug-likeness (QED) is 0.202. The molecule has 0 bridgehead atoms. The Bertz CT molecular complexity index is 876. The molecule has 12 heteroatoms. The highest BCUT2D eigenvalue weighted by Crippen LogP contribution is 2.29. The van der Waals surface area contributed by atoms with Gasteiger partial charge in [0.1, 0.15) is 12.0 Å². The molecule has 0 fully saturated rings. The number of carbonyl (C=O) groups excluding carboxylic acids is 1. The van der Waals surface area contributed by atoms with Crippen molar-refractivity contribution in [2.45, 2.75) is 9.96 Å². The second-order valence-electron chi connectivity index (χ2n) is 5.36. The molecular formula is C16H12Cl3FN4O3S. The van der Waals surface area contributed by atoms with Crippen molar-refractivity contribution in [1.29, 1.82) is 0 Å². The van der Waals surface area contributed by atoms with Gasteiger partial charge in [-0.15, -0.1) is 0 Å². The van der Waals surface area contributed by atoms with Gasteiger partial charge in [-0.25, -0.2) is 4.39 Å². The predicted molar refractivity (Wildman–Crippen MR) is 110 cm³/mol. The summed E-state index contributed by atoms with van der Waals surface area (Å²) in [7, 11) is 0. The topological polar surface area (TPSA) is 96.3 Å². The van der Waals surface area contributed by atoms with Gasteiger partial charge in [-0.1, -0.05) is 34.8 Å². The second kappa shape index (κ2) is 9.33. The van der Waals surface area contributed by atoms with Crippen LogP contribution in [0.5, 0.6) is 0 Å². The SMILES string of the molecule is O=C(N[C@@H](NC(=S)Nc1ccc([N+](=O)[O-])cc1)C(Cl)(Cl)Cl)c1ccc(F)cc1. The Balaban J connectivity index is 2.04. The van der Waals surface area contributed by atoms with Crippen LogP contribution in [0, 0.1) is 15.9 Å². The zero-order valence-electron chi connectivity index (χ0n) is 13.8. The van der Waals surface area contributed by atoms with Crippen molar-refractivity contribution < 1.29 is 14.1 Å². The number of nitro benzene ring substituents is 1. The number of anilines is 1. The van der Waals surface area contributed by atoms with Crippen molar-refractivity contribution in [3.8, 4) is 0 Å². The summed E-state index contributed by atoms with van der Waals surface area (Å²) in [4.78, 5) is 22.4. The first-order valence-electron chi connectivity index (χ1n) is 7.51. The number of hydrogen-bond donors (Lipinski definition) is 3. The van der Waals surface area contributed by atoms with Gasteiger partial charge in [0.25, 0.3) is 11.6 Å². The normalized spacial score (nSPS) is 12.0. The van der Waals surface area contributed by atoms with E-state index < -0.39 is 26.6 Å². The molecule has 1 amide bonds. The molecule has 0 saturated heterocycles. The molecule has 2 aromatic carbocycles. The smallest absolute Gasteiger partial charge is 0.269 e. The Labute approximate surface area is 179 Å². The second-order valence-corrected chi connectivity index (χ2v) is 8.13. The van der Waals surface area contributed by atoms with Crippen molar-refractivity contribution in [2.75, 3.05) is 5.32 Å². The molecule has 2 rings (SSSR count). The van der Waals surface area contributed by atoms with Crippen LogP contribution in [0.4, 0.5) is 15.8 Å². The standard InChI is InChI=1S/C16H12Cl3FN4O3S/c17-16(18,19)14(22-13(25)9-1-3-10(20)4-2-9)23-15(28)21-11-5-7-12(8-6-11)24(26)27/h1-8,14H,(H,22,25)(H2,21,23,28)/t14-/m0/s1. The fourth-order valence-corrected chi connectivity index (χ4v) is 2.54. The summed E-state index contributed by atoms with van der Waals surface area (Å²) in [6, 6.07) is 10.2. The van der Waals surface area contributed by atoms with Crippen molar-refractivity contribution >= 4 is 69.4 Å². The van der Waals surface area contributed by atoms with Gasteiger partial charge in [0, 0.05) is 23.4 Å². The van der Waals surface area contributed by atoms with E-state index in [4.69, 9.17) is 47.0 Å². The average molecular weight is 466 g/mol. The number of halogens is 4. The van der Waals surface area contributed by atoms with Crippen LogP contribution < -0.4 is 16.0 Å². The summed E-state index contributed by atoms with van der Waals surface area (Å²) in [6.45, 7) is 0. The first-order chi connectivity index (χ1) is 13.1. The van der Waals surface area contributed by atoms with Crippen LogP contribution in [0.3, 0.4) is 0 Å². The van der Waals surface area contributed by atoms with Crippen LogP contribution in [0.2, 0.25) is 0 Å². The third-order valence-corrected chi connectivity index (χ3v) is 4.20. The zero-order chi connectivity index (χ0) is 20.9. The highest BCUT2D eigenvalue weighted by atomic mass is 35.6. The number of thiocarbonyl (C=S) groups is 1. The predicted octanol–water partition coefficient (Wildman–Crippen LogP) is 4.15. The molecule has 0 spiro atoms. The van der Waals surface area contributed by atoms with Crippen LogP contribution in [0.15, 0.2) is 48.5 Å². The zero-order valence-corrected chi connectivity index (χ0v) is 16.9. The number of amides is 1. The van der Waals surface area contributed by atoms with E-state index in [1.54, 1.807) is 0 Å². The molecule has 7 nitrogen and oxygen atoms in total. The monoisotopic (exact) mass is 464 g/mol. The summed E-state index contributed by atoms with van der Waals surface area (Å²) >= 11 is 22.8. The van der Waals surface area contributed by atoms with Gasteiger partial charge in [0.15, 0.2) is 5.11 Å². The van der Waals surface area contributed by atoms with Gasteiger partial charge in [0.05, 0.1) is 4.92 Å². The van der Waals surface area contributed by atoms with Crippen LogP contribution in [-0.2, 0) is 0 Å². The molecule has 0 aromatic heterocycles. The molecule has 1 atom stereocenters. The number of nitrogens with zero attached hydrogens (tertiary/aromatic N) is 1. The van der Waals surface area contributed by atoms with Crippen LogP contribution >= 0.6 is 47.0 Å². The lowest BCUT2D eigenvalue weighted by molar-refractivity contribution is -0.384. The summed E-state index contributed by atoms with van der Waals surface area (Å²) in [6.07, 6.45) is -1.23. The first-order valence-corrected chi connectivity index (χ1v) is 9.05. The van der Waals surface area contributed by atoms with Gasteiger partial charge >= 0.3 is 0 Å². The Kier molecular flexibility index (Phi) is 7.36. The van der Waals surface area contributed by atoms with Crippen molar-refractivity contribution in [3.05, 3.63) is 70.0 Å². The van der Waals surface area contributed by atoms with E-state index in [9.17, 15) is 19.3 Å². The van der Waals surface area contributed by atoms with Gasteiger partial charge in [0.2, 0.25) is 3.79 Å². The molecule has 2 aromatic rings. The Morgan fingerprint density at radius 2 is 1.64 bits per heavy atom. The van der Waals surface area contributed by atoms with Gasteiger partial charge in [-0.05, 0) is 48.6 Å². The van der Waals surface area contributed by atoms with Gasteiger partial charge in [-0.3, -0.25) is 14.9 Å². The maximum absolute atomic E-state index is 13.0. The van der Waals surface area contributed by atoms with E-state index >= 15 is 0 Å². The minimum absolute atomic E-state index is 0.00964. The lowest BCUT2D eigenvalue weighted by atomic mass is 10.2. The number of carbonyl (C=O) groups is 1. The molecule has 0 aliphatic heterocycles. The summed E-state index contributed by atoms with van der Waals surface area (Å²) in [5.41, 5.74) is 0.503. The Morgan fingerprint density at radius 1 is 1.07 bits per heavy atom. The number of rotatable bonds is 5. The molecule has 0 saturated carbocycles. The van der Waals surface area contributed by atoms with Crippen molar-refractivity contribution in [2.24, 2.45) is 0 Å². The number of alkyl halides is 3. The number of benzene rings is 2. The third-order valence-electron chi connectivity index (χ3n) is 3.32. The van der Waals surface area contributed by atoms with E-state index in [2.05, 4.69) is 16.0 Å². The highest BCUT2D eigenvalue weighted by Gasteiger charge is 2.34. The summed E-state index contributed by atoms with van der Waals surface area (Å²) in [5, 5.41) is 18.5. The molecule has 0 heterocycles. The molecular weight excluding hydrogens is 454 g/mol. The van der Waals surface area contributed by atoms with Gasteiger partial charge in [-0.2, -0.15) is 0 Å². The fraction of sp³-hybridized carbons (Fsp3) is 0.125. The minimum Gasteiger partial charge on any atom is -0.339 e.